The fourth-order valence-electron chi connectivity index (χ4n) is 0.922. The molecule has 0 aliphatic heterocycles. The van der Waals surface area contributed by atoms with E-state index in [-0.39, 0.29) is 0 Å². The lowest BCUT2D eigenvalue weighted by molar-refractivity contribution is 1.39. The summed E-state index contributed by atoms with van der Waals surface area (Å²) in [7, 11) is 0. The van der Waals surface area contributed by atoms with E-state index in [1.807, 2.05) is 56.5 Å². The standard InChI is InChI=1S/C15H19N/c1-5-9-11-14(7-3)13-16-15(8-4)12-10-6-2/h5-13H,1-2H2,3-4H3/b11-9-,12-10-,14-7+,15-8+,16-13+. The molecule has 0 N–H and O–H groups in total. The van der Waals surface area contributed by atoms with Crippen molar-refractivity contribution in [1.29, 1.82) is 0 Å². The smallest absolute Gasteiger partial charge is 0.0587 e. The molecular weight excluding hydrogens is 194 g/mol. The van der Waals surface area contributed by atoms with Crippen LogP contribution in [0.1, 0.15) is 13.8 Å². The summed E-state index contributed by atoms with van der Waals surface area (Å²) in [4.78, 5) is 4.35. The van der Waals surface area contributed by atoms with Crippen molar-refractivity contribution >= 4 is 6.21 Å². The fraction of sp³-hybridized carbons (Fsp3) is 0.133. The Morgan fingerprint density at radius 2 is 1.56 bits per heavy atom. The highest BCUT2D eigenvalue weighted by molar-refractivity contribution is 5.83. The Kier molecular flexibility index (Phi) is 8.52. The summed E-state index contributed by atoms with van der Waals surface area (Å²) in [6.07, 6.45) is 16.9. The summed E-state index contributed by atoms with van der Waals surface area (Å²) < 4.78 is 0. The van der Waals surface area contributed by atoms with Gasteiger partial charge < -0.3 is 0 Å². The van der Waals surface area contributed by atoms with Gasteiger partial charge in [0.25, 0.3) is 0 Å². The van der Waals surface area contributed by atoms with E-state index in [0.717, 1.165) is 11.3 Å². The van der Waals surface area contributed by atoms with Crippen LogP contribution >= 0.6 is 0 Å². The molecule has 1 heteroatoms. The number of hydrogen-bond donors (Lipinski definition) is 0. The molecule has 0 fully saturated rings. The second kappa shape index (κ2) is 9.66. The molecule has 0 aliphatic rings. The highest BCUT2D eigenvalue weighted by Gasteiger charge is 1.86. The van der Waals surface area contributed by atoms with Crippen molar-refractivity contribution in [2.75, 3.05) is 0 Å². The maximum Gasteiger partial charge on any atom is 0.0587 e. The number of aliphatic imine (C=N–C) groups is 1. The molecule has 0 atom stereocenters. The maximum absolute atomic E-state index is 4.35. The average Bonchev–Trinajstić information content (AvgIpc) is 2.33. The van der Waals surface area contributed by atoms with Crippen LogP contribution in [0.3, 0.4) is 0 Å². The Labute approximate surface area is 98.6 Å². The third-order valence-corrected chi connectivity index (χ3v) is 1.82. The molecule has 0 aliphatic carbocycles. The molecule has 0 saturated heterocycles. The Bertz CT molecular complexity index is 327. The van der Waals surface area contributed by atoms with Crippen LogP contribution in [0.25, 0.3) is 0 Å². The van der Waals surface area contributed by atoms with E-state index in [4.69, 9.17) is 0 Å². The highest BCUT2D eigenvalue weighted by Crippen LogP contribution is 2.01. The van der Waals surface area contributed by atoms with Gasteiger partial charge >= 0.3 is 0 Å². The van der Waals surface area contributed by atoms with E-state index >= 15 is 0 Å². The summed E-state index contributed by atoms with van der Waals surface area (Å²) in [6, 6.07) is 0. The lowest BCUT2D eigenvalue weighted by atomic mass is 10.2. The Morgan fingerprint density at radius 3 is 2.06 bits per heavy atom. The van der Waals surface area contributed by atoms with Crippen molar-refractivity contribution in [1.82, 2.24) is 0 Å². The minimum absolute atomic E-state index is 0.909. The van der Waals surface area contributed by atoms with Crippen LogP contribution in [0.2, 0.25) is 0 Å². The predicted octanol–water partition coefficient (Wildman–Crippen LogP) is 4.39. The zero-order chi connectivity index (χ0) is 12.2. The van der Waals surface area contributed by atoms with Crippen molar-refractivity contribution in [3.8, 4) is 0 Å². The topological polar surface area (TPSA) is 12.4 Å². The lowest BCUT2D eigenvalue weighted by Gasteiger charge is -1.93. The average molecular weight is 213 g/mol. The van der Waals surface area contributed by atoms with Gasteiger partial charge in [0.15, 0.2) is 0 Å². The van der Waals surface area contributed by atoms with Crippen LogP contribution in [0.4, 0.5) is 0 Å². The van der Waals surface area contributed by atoms with Crippen molar-refractivity contribution in [3.05, 3.63) is 73.0 Å². The number of nitrogens with zero attached hydrogens (tertiary/aromatic N) is 1. The minimum atomic E-state index is 0.909. The molecule has 84 valence electrons. The molecule has 0 radical (unpaired) electrons. The first kappa shape index (κ1) is 14.1. The summed E-state index contributed by atoms with van der Waals surface area (Å²) in [5.41, 5.74) is 1.96. The summed E-state index contributed by atoms with van der Waals surface area (Å²) >= 11 is 0. The maximum atomic E-state index is 4.35. The molecule has 0 spiro atoms. The van der Waals surface area contributed by atoms with Gasteiger partial charge in [-0.2, -0.15) is 0 Å². The third-order valence-electron chi connectivity index (χ3n) is 1.82. The van der Waals surface area contributed by atoms with Crippen LogP contribution in [-0.4, -0.2) is 6.21 Å². The molecule has 0 unspecified atom stereocenters. The number of rotatable bonds is 6. The number of allylic oxidation sites excluding steroid dienone is 9. The van der Waals surface area contributed by atoms with E-state index < -0.39 is 0 Å². The summed E-state index contributed by atoms with van der Waals surface area (Å²) in [6.45, 7) is 11.2. The van der Waals surface area contributed by atoms with Crippen molar-refractivity contribution < 1.29 is 0 Å². The van der Waals surface area contributed by atoms with Gasteiger partial charge in [-0.05, 0) is 25.5 Å². The largest absolute Gasteiger partial charge is 0.257 e. The molecule has 1 nitrogen and oxygen atoms in total. The third kappa shape index (κ3) is 6.55. The minimum Gasteiger partial charge on any atom is -0.257 e. The van der Waals surface area contributed by atoms with Crippen molar-refractivity contribution in [3.63, 3.8) is 0 Å². The zero-order valence-corrected chi connectivity index (χ0v) is 10.1. The molecule has 16 heavy (non-hydrogen) atoms. The van der Waals surface area contributed by atoms with Gasteiger partial charge in [0, 0.05) is 6.21 Å². The van der Waals surface area contributed by atoms with Gasteiger partial charge in [-0.1, -0.05) is 55.7 Å². The van der Waals surface area contributed by atoms with Crippen molar-refractivity contribution in [2.24, 2.45) is 4.99 Å². The van der Waals surface area contributed by atoms with E-state index in [2.05, 4.69) is 18.2 Å². The molecule has 0 heterocycles. The molecule has 0 aromatic heterocycles. The Hall–Kier alpha value is -1.89. The second-order valence-electron chi connectivity index (χ2n) is 2.95. The van der Waals surface area contributed by atoms with Gasteiger partial charge in [0.1, 0.15) is 0 Å². The fourth-order valence-corrected chi connectivity index (χ4v) is 0.922. The first-order valence-electron chi connectivity index (χ1n) is 5.23. The van der Waals surface area contributed by atoms with Crippen LogP contribution in [0.15, 0.2) is 78.0 Å². The Morgan fingerprint density at radius 1 is 0.938 bits per heavy atom. The van der Waals surface area contributed by atoms with Crippen LogP contribution in [0, 0.1) is 0 Å². The SMILES string of the molecule is C=C\C=C/C(/C=N/C(/C=C\C=C)=C/C)=C\C. The monoisotopic (exact) mass is 213 g/mol. The van der Waals surface area contributed by atoms with Gasteiger partial charge in [-0.15, -0.1) is 0 Å². The molecule has 0 bridgehead atoms. The summed E-state index contributed by atoms with van der Waals surface area (Å²) in [5.74, 6) is 0. The van der Waals surface area contributed by atoms with E-state index in [1.165, 1.54) is 0 Å². The Balaban J connectivity index is 4.66. The lowest BCUT2D eigenvalue weighted by Crippen LogP contribution is -1.80. The van der Waals surface area contributed by atoms with E-state index in [0.29, 0.717) is 0 Å². The first-order chi connectivity index (χ1) is 7.78. The summed E-state index contributed by atoms with van der Waals surface area (Å²) in [5, 5.41) is 0. The second-order valence-corrected chi connectivity index (χ2v) is 2.95. The molecule has 0 amide bonds. The molecule has 0 rings (SSSR count). The quantitative estimate of drug-likeness (QED) is 0.458. The van der Waals surface area contributed by atoms with E-state index in [1.54, 1.807) is 12.2 Å². The number of hydrogen-bond acceptors (Lipinski definition) is 1. The van der Waals surface area contributed by atoms with Gasteiger partial charge in [-0.25, -0.2) is 0 Å². The van der Waals surface area contributed by atoms with Crippen LogP contribution in [-0.2, 0) is 0 Å². The normalized spacial score (nSPS) is 14.1. The van der Waals surface area contributed by atoms with E-state index in [9.17, 15) is 0 Å². The molecular formula is C15H19N. The van der Waals surface area contributed by atoms with Crippen molar-refractivity contribution in [2.45, 2.75) is 13.8 Å². The molecule has 0 saturated carbocycles. The van der Waals surface area contributed by atoms with Crippen LogP contribution < -0.4 is 0 Å². The zero-order valence-electron chi connectivity index (χ0n) is 10.1. The van der Waals surface area contributed by atoms with Gasteiger partial charge in [0.2, 0.25) is 0 Å². The molecule has 0 aromatic rings. The predicted molar refractivity (Wildman–Crippen MR) is 74.7 cm³/mol. The van der Waals surface area contributed by atoms with Gasteiger partial charge in [-0.3, -0.25) is 4.99 Å². The highest BCUT2D eigenvalue weighted by atomic mass is 14.7. The van der Waals surface area contributed by atoms with Gasteiger partial charge in [0.05, 0.1) is 5.70 Å². The first-order valence-corrected chi connectivity index (χ1v) is 5.23. The van der Waals surface area contributed by atoms with Crippen LogP contribution in [0.5, 0.6) is 0 Å². The molecule has 0 aromatic carbocycles.